The fourth-order valence-electron chi connectivity index (χ4n) is 3.66. The van der Waals surface area contributed by atoms with Crippen LogP contribution in [0, 0.1) is 20.8 Å². The number of nitrogens with one attached hydrogen (secondary N) is 2. The molecule has 0 bridgehead atoms. The molecule has 0 atom stereocenters. The van der Waals surface area contributed by atoms with Crippen molar-refractivity contribution in [2.45, 2.75) is 27.7 Å². The highest BCUT2D eigenvalue weighted by molar-refractivity contribution is 7.21. The number of carbonyl (C=O) groups is 1. The van der Waals surface area contributed by atoms with E-state index < -0.39 is 0 Å². The molecule has 4 N–H and O–H groups in total. The first-order chi connectivity index (χ1) is 15.8. The third-order valence-corrected chi connectivity index (χ3v) is 6.89. The zero-order chi connectivity index (χ0) is 23.7. The SMILES string of the molecule is C=C/C(=C\C=C(/C)c1cc(C)c2[nH]ncc2c1)CNC(=O)c1sc2nnc(C)c(C)c2c1N. The summed E-state index contributed by atoms with van der Waals surface area (Å²) < 4.78 is 0. The molecular weight excluding hydrogens is 432 g/mol. The molecule has 7 nitrogen and oxygen atoms in total. The third kappa shape index (κ3) is 4.29. The van der Waals surface area contributed by atoms with Gasteiger partial charge in [0.1, 0.15) is 9.71 Å². The average molecular weight is 459 g/mol. The number of nitrogens with zero attached hydrogens (tertiary/aromatic N) is 3. The van der Waals surface area contributed by atoms with Gasteiger partial charge in [0.15, 0.2) is 0 Å². The van der Waals surface area contributed by atoms with Gasteiger partial charge < -0.3 is 11.1 Å². The number of carbonyl (C=O) groups excluding carboxylic acids is 1. The molecule has 0 aliphatic rings. The number of nitrogen functional groups attached to an aromatic ring is 1. The molecule has 1 aromatic carbocycles. The van der Waals surface area contributed by atoms with Crippen molar-refractivity contribution < 1.29 is 4.79 Å². The number of aromatic nitrogens is 4. The Balaban J connectivity index is 1.51. The summed E-state index contributed by atoms with van der Waals surface area (Å²) in [5.41, 5.74) is 13.8. The van der Waals surface area contributed by atoms with E-state index >= 15 is 0 Å². The summed E-state index contributed by atoms with van der Waals surface area (Å²) in [4.78, 5) is 14.0. The maximum absolute atomic E-state index is 12.8. The summed E-state index contributed by atoms with van der Waals surface area (Å²) in [6.07, 6.45) is 7.56. The van der Waals surface area contributed by atoms with Gasteiger partial charge in [-0.05, 0) is 67.7 Å². The second kappa shape index (κ2) is 8.99. The number of rotatable bonds is 6. The van der Waals surface area contributed by atoms with Crippen molar-refractivity contribution >= 4 is 49.6 Å². The number of anilines is 1. The van der Waals surface area contributed by atoms with Gasteiger partial charge in [-0.3, -0.25) is 9.89 Å². The maximum Gasteiger partial charge on any atom is 0.263 e. The predicted molar refractivity (Wildman–Crippen MR) is 136 cm³/mol. The lowest BCUT2D eigenvalue weighted by atomic mass is 10.0. The topological polar surface area (TPSA) is 110 Å². The lowest BCUT2D eigenvalue weighted by molar-refractivity contribution is 0.0962. The zero-order valence-corrected chi connectivity index (χ0v) is 19.9. The second-order valence-corrected chi connectivity index (χ2v) is 9.04. The van der Waals surface area contributed by atoms with Crippen LogP contribution in [0.2, 0.25) is 0 Å². The Morgan fingerprint density at radius 3 is 2.79 bits per heavy atom. The molecule has 0 unspecified atom stereocenters. The summed E-state index contributed by atoms with van der Waals surface area (Å²) in [5, 5.41) is 20.3. The highest BCUT2D eigenvalue weighted by Crippen LogP contribution is 2.34. The molecule has 33 heavy (non-hydrogen) atoms. The molecule has 3 aromatic heterocycles. The fourth-order valence-corrected chi connectivity index (χ4v) is 4.68. The Bertz CT molecular complexity index is 1460. The lowest BCUT2D eigenvalue weighted by Gasteiger charge is -2.06. The molecule has 8 heteroatoms. The number of amides is 1. The van der Waals surface area contributed by atoms with Crippen LogP contribution >= 0.6 is 11.3 Å². The molecule has 0 saturated heterocycles. The van der Waals surface area contributed by atoms with E-state index in [0.29, 0.717) is 21.9 Å². The van der Waals surface area contributed by atoms with Gasteiger partial charge in [-0.1, -0.05) is 24.8 Å². The van der Waals surface area contributed by atoms with Crippen molar-refractivity contribution in [3.63, 3.8) is 0 Å². The molecule has 0 aliphatic heterocycles. The Morgan fingerprint density at radius 2 is 2.03 bits per heavy atom. The Kier molecular flexibility index (Phi) is 6.11. The summed E-state index contributed by atoms with van der Waals surface area (Å²) in [5.74, 6) is -0.234. The second-order valence-electron chi connectivity index (χ2n) is 8.04. The average Bonchev–Trinajstić information content (AvgIpc) is 3.41. The first-order valence-electron chi connectivity index (χ1n) is 10.5. The molecular formula is C25H26N6OS. The number of aromatic amines is 1. The lowest BCUT2D eigenvalue weighted by Crippen LogP contribution is -2.25. The standard InChI is InChI=1S/C25H26N6OS/c1-6-17(8-7-13(2)18-9-14(3)22-19(10-18)12-28-30-22)11-27-24(32)23-21(26)20-15(4)16(5)29-31-25(20)33-23/h6-10,12H,1,11,26H2,2-5H3,(H,27,32)(H,28,30)/b13-7+,17-8+. The van der Waals surface area contributed by atoms with Gasteiger partial charge in [-0.2, -0.15) is 10.2 Å². The smallest absolute Gasteiger partial charge is 0.263 e. The van der Waals surface area contributed by atoms with E-state index in [1.165, 1.54) is 11.3 Å². The summed E-state index contributed by atoms with van der Waals surface area (Å²) in [6, 6.07) is 4.24. The van der Waals surface area contributed by atoms with Crippen LogP contribution in [-0.4, -0.2) is 32.8 Å². The highest BCUT2D eigenvalue weighted by Gasteiger charge is 2.19. The Morgan fingerprint density at radius 1 is 1.24 bits per heavy atom. The number of H-pyrrole nitrogens is 1. The van der Waals surface area contributed by atoms with Gasteiger partial charge in [0, 0.05) is 17.3 Å². The van der Waals surface area contributed by atoms with Crippen LogP contribution in [-0.2, 0) is 0 Å². The van der Waals surface area contributed by atoms with Crippen LogP contribution in [0.4, 0.5) is 5.69 Å². The largest absolute Gasteiger partial charge is 0.397 e. The molecule has 0 spiro atoms. The van der Waals surface area contributed by atoms with E-state index in [2.05, 4.69) is 58.3 Å². The molecule has 0 saturated carbocycles. The number of thiophene rings is 1. The summed E-state index contributed by atoms with van der Waals surface area (Å²) >= 11 is 1.26. The van der Waals surface area contributed by atoms with E-state index in [0.717, 1.165) is 49.8 Å². The molecule has 0 fully saturated rings. The van der Waals surface area contributed by atoms with Gasteiger partial charge in [-0.25, -0.2) is 0 Å². The Hall–Kier alpha value is -3.78. The molecule has 4 aromatic rings. The number of aryl methyl sites for hydroxylation is 3. The predicted octanol–water partition coefficient (Wildman–Crippen LogP) is 5.02. The van der Waals surface area contributed by atoms with Crippen LogP contribution < -0.4 is 11.1 Å². The van der Waals surface area contributed by atoms with E-state index in [1.807, 2.05) is 32.2 Å². The van der Waals surface area contributed by atoms with Gasteiger partial charge >= 0.3 is 0 Å². The van der Waals surface area contributed by atoms with Crippen LogP contribution in [0.5, 0.6) is 0 Å². The molecule has 4 rings (SSSR count). The maximum atomic E-state index is 12.8. The van der Waals surface area contributed by atoms with Crippen molar-refractivity contribution in [3.8, 4) is 0 Å². The molecule has 0 radical (unpaired) electrons. The van der Waals surface area contributed by atoms with Gasteiger partial charge in [-0.15, -0.1) is 16.4 Å². The van der Waals surface area contributed by atoms with Crippen LogP contribution in [0.25, 0.3) is 26.7 Å². The van der Waals surface area contributed by atoms with E-state index in [9.17, 15) is 4.79 Å². The molecule has 3 heterocycles. The number of hydrogen-bond acceptors (Lipinski definition) is 6. The van der Waals surface area contributed by atoms with Crippen molar-refractivity contribution in [2.75, 3.05) is 12.3 Å². The van der Waals surface area contributed by atoms with Crippen molar-refractivity contribution in [2.24, 2.45) is 0 Å². The van der Waals surface area contributed by atoms with E-state index in [4.69, 9.17) is 5.73 Å². The number of nitrogens with two attached hydrogens (primary N) is 1. The highest BCUT2D eigenvalue weighted by atomic mass is 32.1. The van der Waals surface area contributed by atoms with Crippen molar-refractivity contribution in [3.05, 3.63) is 76.0 Å². The molecule has 1 amide bonds. The number of allylic oxidation sites excluding steroid dienone is 3. The van der Waals surface area contributed by atoms with Crippen LogP contribution in [0.1, 0.15) is 39.0 Å². The van der Waals surface area contributed by atoms with E-state index in [1.54, 1.807) is 6.08 Å². The van der Waals surface area contributed by atoms with Gasteiger partial charge in [0.05, 0.1) is 23.1 Å². The minimum Gasteiger partial charge on any atom is -0.397 e. The minimum atomic E-state index is -0.234. The zero-order valence-electron chi connectivity index (χ0n) is 19.1. The third-order valence-electron chi connectivity index (χ3n) is 5.81. The van der Waals surface area contributed by atoms with Crippen LogP contribution in [0.15, 0.2) is 48.7 Å². The quantitative estimate of drug-likeness (QED) is 0.351. The first kappa shape index (κ1) is 22.4. The summed E-state index contributed by atoms with van der Waals surface area (Å²) in [7, 11) is 0. The van der Waals surface area contributed by atoms with Crippen molar-refractivity contribution in [1.82, 2.24) is 25.7 Å². The monoisotopic (exact) mass is 458 g/mol. The summed E-state index contributed by atoms with van der Waals surface area (Å²) in [6.45, 7) is 12.2. The molecule has 168 valence electrons. The van der Waals surface area contributed by atoms with E-state index in [-0.39, 0.29) is 5.91 Å². The number of fused-ring (bicyclic) bond motifs is 2. The first-order valence-corrected chi connectivity index (χ1v) is 11.4. The fraction of sp³-hybridized carbons (Fsp3) is 0.200. The van der Waals surface area contributed by atoms with Gasteiger partial charge in [0.2, 0.25) is 0 Å². The van der Waals surface area contributed by atoms with Crippen molar-refractivity contribution in [1.29, 1.82) is 0 Å². The number of hydrogen-bond donors (Lipinski definition) is 3. The van der Waals surface area contributed by atoms with Gasteiger partial charge in [0.25, 0.3) is 5.91 Å². The molecule has 0 aliphatic carbocycles. The number of benzene rings is 1. The Labute approximate surface area is 196 Å². The normalized spacial score (nSPS) is 12.5. The minimum absolute atomic E-state index is 0.234. The van der Waals surface area contributed by atoms with Crippen LogP contribution in [0.3, 0.4) is 0 Å².